The number of nitrogens with one attached hydrogen (secondary N) is 1. The maximum absolute atomic E-state index is 11.5. The van der Waals surface area contributed by atoms with E-state index in [4.69, 9.17) is 0 Å². The molecule has 4 nitrogen and oxygen atoms in total. The fourth-order valence-electron chi connectivity index (χ4n) is 1.44. The van der Waals surface area contributed by atoms with Crippen LogP contribution in [0.4, 0.5) is 0 Å². The SMILES string of the molecule is CONC(C)C(=O)N1CCCC1. The van der Waals surface area contributed by atoms with Crippen LogP contribution in [0.25, 0.3) is 0 Å². The summed E-state index contributed by atoms with van der Waals surface area (Å²) in [5.74, 6) is 0.134. The summed E-state index contributed by atoms with van der Waals surface area (Å²) in [4.78, 5) is 18.1. The number of rotatable bonds is 3. The number of amides is 1. The molecule has 4 heteroatoms. The lowest BCUT2D eigenvalue weighted by atomic mass is 10.3. The van der Waals surface area contributed by atoms with Crippen LogP contribution in [0.2, 0.25) is 0 Å². The number of hydroxylamine groups is 1. The number of carbonyl (C=O) groups is 1. The maximum atomic E-state index is 11.5. The maximum Gasteiger partial charge on any atom is 0.241 e. The van der Waals surface area contributed by atoms with Crippen LogP contribution < -0.4 is 5.48 Å². The Labute approximate surface area is 72.8 Å². The van der Waals surface area contributed by atoms with Gasteiger partial charge >= 0.3 is 0 Å². The molecule has 1 aliphatic rings. The topological polar surface area (TPSA) is 41.6 Å². The van der Waals surface area contributed by atoms with Crippen LogP contribution in [0.1, 0.15) is 19.8 Å². The van der Waals surface area contributed by atoms with Crippen molar-refractivity contribution in [2.24, 2.45) is 0 Å². The monoisotopic (exact) mass is 172 g/mol. The fourth-order valence-corrected chi connectivity index (χ4v) is 1.44. The molecule has 1 heterocycles. The molecule has 1 unspecified atom stereocenters. The van der Waals surface area contributed by atoms with Crippen molar-refractivity contribution in [3.05, 3.63) is 0 Å². The molecule has 1 atom stereocenters. The van der Waals surface area contributed by atoms with E-state index < -0.39 is 0 Å². The Balaban J connectivity index is 2.34. The molecular weight excluding hydrogens is 156 g/mol. The number of hydrogen-bond acceptors (Lipinski definition) is 3. The van der Waals surface area contributed by atoms with Gasteiger partial charge < -0.3 is 9.74 Å². The predicted octanol–water partition coefficient (Wildman–Crippen LogP) is 0.148. The molecule has 0 radical (unpaired) electrons. The van der Waals surface area contributed by atoms with Crippen molar-refractivity contribution in [1.82, 2.24) is 10.4 Å². The van der Waals surface area contributed by atoms with Crippen molar-refractivity contribution in [1.29, 1.82) is 0 Å². The van der Waals surface area contributed by atoms with Crippen molar-refractivity contribution in [3.8, 4) is 0 Å². The van der Waals surface area contributed by atoms with E-state index >= 15 is 0 Å². The van der Waals surface area contributed by atoms with Gasteiger partial charge in [0.1, 0.15) is 6.04 Å². The molecular formula is C8H16N2O2. The van der Waals surface area contributed by atoms with Crippen molar-refractivity contribution < 1.29 is 9.63 Å². The average molecular weight is 172 g/mol. The van der Waals surface area contributed by atoms with Gasteiger partial charge in [0, 0.05) is 13.1 Å². The second-order valence-corrected chi connectivity index (χ2v) is 3.08. The zero-order valence-electron chi connectivity index (χ0n) is 7.67. The zero-order chi connectivity index (χ0) is 8.97. The Bertz CT molecular complexity index is 155. The normalized spacial score (nSPS) is 19.7. The van der Waals surface area contributed by atoms with Gasteiger partial charge in [-0.3, -0.25) is 4.79 Å². The summed E-state index contributed by atoms with van der Waals surface area (Å²) in [7, 11) is 1.52. The van der Waals surface area contributed by atoms with Crippen LogP contribution >= 0.6 is 0 Å². The molecule has 12 heavy (non-hydrogen) atoms. The summed E-state index contributed by atoms with van der Waals surface area (Å²) < 4.78 is 0. The highest BCUT2D eigenvalue weighted by atomic mass is 16.6. The Morgan fingerprint density at radius 3 is 2.58 bits per heavy atom. The third-order valence-electron chi connectivity index (χ3n) is 2.08. The molecule has 1 amide bonds. The second kappa shape index (κ2) is 4.42. The van der Waals surface area contributed by atoms with E-state index in [-0.39, 0.29) is 11.9 Å². The lowest BCUT2D eigenvalue weighted by molar-refractivity contribution is -0.135. The summed E-state index contributed by atoms with van der Waals surface area (Å²) in [6.07, 6.45) is 2.26. The van der Waals surface area contributed by atoms with Gasteiger partial charge in [-0.2, -0.15) is 5.48 Å². The lowest BCUT2D eigenvalue weighted by Gasteiger charge is -2.19. The summed E-state index contributed by atoms with van der Waals surface area (Å²) in [5, 5.41) is 0. The van der Waals surface area contributed by atoms with Crippen LogP contribution in [0.3, 0.4) is 0 Å². The van der Waals surface area contributed by atoms with Crippen LogP contribution in [-0.2, 0) is 9.63 Å². The van der Waals surface area contributed by atoms with Crippen molar-refractivity contribution in [3.63, 3.8) is 0 Å². The predicted molar refractivity (Wildman–Crippen MR) is 45.4 cm³/mol. The smallest absolute Gasteiger partial charge is 0.241 e. The van der Waals surface area contributed by atoms with Crippen molar-refractivity contribution >= 4 is 5.91 Å². The van der Waals surface area contributed by atoms with Gasteiger partial charge in [0.05, 0.1) is 7.11 Å². The number of hydrogen-bond donors (Lipinski definition) is 1. The minimum absolute atomic E-state index is 0.134. The molecule has 0 saturated carbocycles. The number of carbonyl (C=O) groups excluding carboxylic acids is 1. The number of likely N-dealkylation sites (tertiary alicyclic amines) is 1. The van der Waals surface area contributed by atoms with Crippen LogP contribution in [0.5, 0.6) is 0 Å². The standard InChI is InChI=1S/C8H16N2O2/c1-7(9-12-2)8(11)10-5-3-4-6-10/h7,9H,3-6H2,1-2H3. The molecule has 0 aromatic rings. The Hall–Kier alpha value is -0.610. The van der Waals surface area contributed by atoms with E-state index in [0.717, 1.165) is 25.9 Å². The van der Waals surface area contributed by atoms with Gasteiger partial charge in [-0.15, -0.1) is 0 Å². The molecule has 70 valence electrons. The Morgan fingerprint density at radius 2 is 2.08 bits per heavy atom. The van der Waals surface area contributed by atoms with E-state index in [2.05, 4.69) is 10.3 Å². The molecule has 1 aliphatic heterocycles. The minimum atomic E-state index is -0.229. The molecule has 0 bridgehead atoms. The van der Waals surface area contributed by atoms with Crippen molar-refractivity contribution in [2.45, 2.75) is 25.8 Å². The summed E-state index contributed by atoms with van der Waals surface area (Å²) in [5.41, 5.74) is 2.63. The highest BCUT2D eigenvalue weighted by Gasteiger charge is 2.22. The Morgan fingerprint density at radius 1 is 1.50 bits per heavy atom. The second-order valence-electron chi connectivity index (χ2n) is 3.08. The molecule has 0 spiro atoms. The fraction of sp³-hybridized carbons (Fsp3) is 0.875. The number of nitrogens with zero attached hydrogens (tertiary/aromatic N) is 1. The summed E-state index contributed by atoms with van der Waals surface area (Å²) in [6.45, 7) is 3.60. The van der Waals surface area contributed by atoms with Gasteiger partial charge in [-0.25, -0.2) is 0 Å². The average Bonchev–Trinajstić information content (AvgIpc) is 2.55. The molecule has 1 rings (SSSR count). The van der Waals surface area contributed by atoms with Gasteiger partial charge in [0.2, 0.25) is 5.91 Å². The highest BCUT2D eigenvalue weighted by molar-refractivity contribution is 5.81. The third-order valence-corrected chi connectivity index (χ3v) is 2.08. The molecule has 0 aliphatic carbocycles. The molecule has 1 fully saturated rings. The first kappa shape index (κ1) is 9.48. The first-order valence-corrected chi connectivity index (χ1v) is 4.33. The van der Waals surface area contributed by atoms with Crippen LogP contribution in [-0.4, -0.2) is 37.0 Å². The lowest BCUT2D eigenvalue weighted by Crippen LogP contribution is -2.43. The first-order valence-electron chi connectivity index (χ1n) is 4.33. The van der Waals surface area contributed by atoms with Gasteiger partial charge in [-0.1, -0.05) is 0 Å². The van der Waals surface area contributed by atoms with E-state index in [9.17, 15) is 4.79 Å². The molecule has 0 aromatic carbocycles. The van der Waals surface area contributed by atoms with E-state index in [1.165, 1.54) is 7.11 Å². The molecule has 1 saturated heterocycles. The van der Waals surface area contributed by atoms with Crippen molar-refractivity contribution in [2.75, 3.05) is 20.2 Å². The quantitative estimate of drug-likeness (QED) is 0.616. The third kappa shape index (κ3) is 2.19. The largest absolute Gasteiger partial charge is 0.341 e. The Kier molecular flexibility index (Phi) is 3.49. The minimum Gasteiger partial charge on any atom is -0.341 e. The summed E-state index contributed by atoms with van der Waals surface area (Å²) >= 11 is 0. The zero-order valence-corrected chi connectivity index (χ0v) is 7.67. The van der Waals surface area contributed by atoms with Gasteiger partial charge in [0.15, 0.2) is 0 Å². The van der Waals surface area contributed by atoms with Gasteiger partial charge in [-0.05, 0) is 19.8 Å². The van der Waals surface area contributed by atoms with Crippen LogP contribution in [0.15, 0.2) is 0 Å². The van der Waals surface area contributed by atoms with E-state index in [1.54, 1.807) is 0 Å². The molecule has 0 aromatic heterocycles. The van der Waals surface area contributed by atoms with Gasteiger partial charge in [0.25, 0.3) is 0 Å². The van der Waals surface area contributed by atoms with Crippen LogP contribution in [0, 0.1) is 0 Å². The van der Waals surface area contributed by atoms with E-state index in [1.807, 2.05) is 11.8 Å². The first-order chi connectivity index (χ1) is 5.75. The molecule has 1 N–H and O–H groups in total. The summed E-state index contributed by atoms with van der Waals surface area (Å²) in [6, 6.07) is -0.229. The highest BCUT2D eigenvalue weighted by Crippen LogP contribution is 2.08. The van der Waals surface area contributed by atoms with E-state index in [0.29, 0.717) is 0 Å².